The first-order valence-corrected chi connectivity index (χ1v) is 8.94. The van der Waals surface area contributed by atoms with Crippen molar-refractivity contribution >= 4 is 11.6 Å². The predicted molar refractivity (Wildman–Crippen MR) is 95.0 cm³/mol. The summed E-state index contributed by atoms with van der Waals surface area (Å²) in [5.41, 5.74) is 2.24. The number of aliphatic hydroxyl groups excluding tert-OH is 1. The Bertz CT molecular complexity index is 740. The summed E-state index contributed by atoms with van der Waals surface area (Å²) in [6, 6.07) is 15.8. The number of nitrogens with zero attached hydrogens (tertiary/aromatic N) is 1. The maximum Gasteiger partial charge on any atom is 0.0951 e. The summed E-state index contributed by atoms with van der Waals surface area (Å²) in [5.74, 6) is 0. The van der Waals surface area contributed by atoms with Crippen LogP contribution in [-0.4, -0.2) is 34.2 Å². The van der Waals surface area contributed by atoms with Gasteiger partial charge in [-0.1, -0.05) is 54.1 Å². The van der Waals surface area contributed by atoms with E-state index in [4.69, 9.17) is 11.6 Å². The van der Waals surface area contributed by atoms with Crippen molar-refractivity contribution in [2.75, 3.05) is 13.1 Å². The van der Waals surface area contributed by atoms with E-state index in [1.165, 1.54) is 5.56 Å². The Morgan fingerprint density at radius 2 is 1.67 bits per heavy atom. The Morgan fingerprint density at radius 3 is 2.38 bits per heavy atom. The van der Waals surface area contributed by atoms with Crippen molar-refractivity contribution in [2.24, 2.45) is 0 Å². The molecule has 1 aliphatic carbocycles. The first-order chi connectivity index (χ1) is 11.6. The zero-order chi connectivity index (χ0) is 16.7. The molecule has 0 aromatic heterocycles. The number of fused-ring (bicyclic) bond motifs is 1. The van der Waals surface area contributed by atoms with Gasteiger partial charge in [-0.15, -0.1) is 0 Å². The van der Waals surface area contributed by atoms with Crippen LogP contribution in [0, 0.1) is 0 Å². The van der Waals surface area contributed by atoms with Gasteiger partial charge in [0.1, 0.15) is 0 Å². The number of piperidine rings is 1. The second kappa shape index (κ2) is 6.16. The van der Waals surface area contributed by atoms with Crippen molar-refractivity contribution in [3.8, 4) is 0 Å². The molecule has 0 radical (unpaired) electrons. The minimum absolute atomic E-state index is 0.109. The summed E-state index contributed by atoms with van der Waals surface area (Å²) in [7, 11) is 0. The van der Waals surface area contributed by atoms with Crippen molar-refractivity contribution in [1.82, 2.24) is 4.90 Å². The molecule has 2 N–H and O–H groups in total. The van der Waals surface area contributed by atoms with Gasteiger partial charge in [0.15, 0.2) is 0 Å². The Labute approximate surface area is 147 Å². The van der Waals surface area contributed by atoms with Crippen LogP contribution in [0.2, 0.25) is 5.02 Å². The lowest BCUT2D eigenvalue weighted by Gasteiger charge is -2.42. The SMILES string of the molecule is O[C@H]1c2ccccc2C[C@H]1N1CCC(O)(c2ccccc2Cl)CC1. The van der Waals surface area contributed by atoms with E-state index in [0.717, 1.165) is 30.6 Å². The Hall–Kier alpha value is -1.39. The number of likely N-dealkylation sites (tertiary alicyclic amines) is 1. The fraction of sp³-hybridized carbons (Fsp3) is 0.400. The molecule has 4 rings (SSSR count). The molecule has 1 saturated heterocycles. The maximum atomic E-state index is 11.0. The van der Waals surface area contributed by atoms with Crippen LogP contribution in [0.1, 0.15) is 35.6 Å². The van der Waals surface area contributed by atoms with Gasteiger partial charge in [-0.2, -0.15) is 0 Å². The van der Waals surface area contributed by atoms with E-state index in [-0.39, 0.29) is 6.04 Å². The largest absolute Gasteiger partial charge is 0.387 e. The normalized spacial score (nSPS) is 26.3. The molecule has 126 valence electrons. The average Bonchev–Trinajstić information content (AvgIpc) is 2.93. The number of aliphatic hydroxyl groups is 2. The standard InChI is InChI=1S/C20H22ClNO2/c21-17-8-4-3-7-16(17)20(24)9-11-22(12-10-20)18-13-14-5-1-2-6-15(14)19(18)23/h1-8,18-19,23-24H,9-13H2/t18-,19+/m1/s1. The molecule has 2 aromatic carbocycles. The zero-order valence-electron chi connectivity index (χ0n) is 13.5. The van der Waals surface area contributed by atoms with Gasteiger partial charge in [-0.3, -0.25) is 4.90 Å². The molecule has 4 heteroatoms. The van der Waals surface area contributed by atoms with E-state index in [1.807, 2.05) is 42.5 Å². The molecule has 3 nitrogen and oxygen atoms in total. The summed E-state index contributed by atoms with van der Waals surface area (Å²) in [4.78, 5) is 2.32. The second-order valence-electron chi connectivity index (χ2n) is 6.96. The maximum absolute atomic E-state index is 11.0. The topological polar surface area (TPSA) is 43.7 Å². The van der Waals surface area contributed by atoms with E-state index in [0.29, 0.717) is 17.9 Å². The molecule has 1 heterocycles. The van der Waals surface area contributed by atoms with Crippen LogP contribution in [0.5, 0.6) is 0 Å². The molecule has 1 aliphatic heterocycles. The average molecular weight is 344 g/mol. The molecule has 1 fully saturated rings. The number of rotatable bonds is 2. The number of hydrogen-bond acceptors (Lipinski definition) is 3. The predicted octanol–water partition coefficient (Wildman–Crippen LogP) is 3.28. The van der Waals surface area contributed by atoms with Gasteiger partial charge in [0.05, 0.1) is 11.7 Å². The van der Waals surface area contributed by atoms with Crippen molar-refractivity contribution < 1.29 is 10.2 Å². The summed E-state index contributed by atoms with van der Waals surface area (Å²) >= 11 is 6.28. The smallest absolute Gasteiger partial charge is 0.0951 e. The first kappa shape index (κ1) is 16.1. The van der Waals surface area contributed by atoms with Gasteiger partial charge in [-0.25, -0.2) is 0 Å². The van der Waals surface area contributed by atoms with Crippen molar-refractivity contribution in [2.45, 2.75) is 37.0 Å². The number of benzene rings is 2. The summed E-state index contributed by atoms with van der Waals surface area (Å²) in [6.45, 7) is 1.52. The fourth-order valence-corrected chi connectivity index (χ4v) is 4.53. The van der Waals surface area contributed by atoms with Crippen LogP contribution in [0.4, 0.5) is 0 Å². The molecule has 0 spiro atoms. The highest BCUT2D eigenvalue weighted by atomic mass is 35.5. The molecule has 0 amide bonds. The lowest BCUT2D eigenvalue weighted by atomic mass is 9.83. The zero-order valence-corrected chi connectivity index (χ0v) is 14.3. The van der Waals surface area contributed by atoms with Crippen molar-refractivity contribution in [3.05, 3.63) is 70.2 Å². The van der Waals surface area contributed by atoms with Gasteiger partial charge in [0.25, 0.3) is 0 Å². The molecule has 24 heavy (non-hydrogen) atoms. The quantitative estimate of drug-likeness (QED) is 0.879. The van der Waals surface area contributed by atoms with E-state index in [1.54, 1.807) is 0 Å². The van der Waals surface area contributed by atoms with Crippen LogP contribution in [0.3, 0.4) is 0 Å². The lowest BCUT2D eigenvalue weighted by molar-refractivity contribution is -0.0501. The molecular weight excluding hydrogens is 322 g/mol. The van der Waals surface area contributed by atoms with E-state index < -0.39 is 11.7 Å². The fourth-order valence-electron chi connectivity index (χ4n) is 4.22. The van der Waals surface area contributed by atoms with Gasteiger partial charge in [-0.05, 0) is 36.5 Å². The third kappa shape index (κ3) is 2.66. The van der Waals surface area contributed by atoms with E-state index >= 15 is 0 Å². The highest BCUT2D eigenvalue weighted by Crippen LogP contribution is 2.40. The van der Waals surface area contributed by atoms with E-state index in [2.05, 4.69) is 11.0 Å². The Balaban J connectivity index is 1.49. The highest BCUT2D eigenvalue weighted by molar-refractivity contribution is 6.31. The summed E-state index contributed by atoms with van der Waals surface area (Å²) in [5, 5.41) is 22.3. The molecule has 0 bridgehead atoms. The Morgan fingerprint density at radius 1 is 1.00 bits per heavy atom. The molecular formula is C20H22ClNO2. The van der Waals surface area contributed by atoms with Gasteiger partial charge in [0.2, 0.25) is 0 Å². The number of halogens is 1. The van der Waals surface area contributed by atoms with Gasteiger partial charge in [0, 0.05) is 29.7 Å². The van der Waals surface area contributed by atoms with Crippen LogP contribution < -0.4 is 0 Å². The highest BCUT2D eigenvalue weighted by Gasteiger charge is 2.41. The lowest BCUT2D eigenvalue weighted by Crippen LogP contribution is -2.48. The minimum atomic E-state index is -0.870. The number of hydrogen-bond donors (Lipinski definition) is 2. The monoisotopic (exact) mass is 343 g/mol. The second-order valence-corrected chi connectivity index (χ2v) is 7.37. The van der Waals surface area contributed by atoms with Crippen molar-refractivity contribution in [3.63, 3.8) is 0 Å². The first-order valence-electron chi connectivity index (χ1n) is 8.56. The molecule has 2 aromatic rings. The molecule has 0 unspecified atom stereocenters. The van der Waals surface area contributed by atoms with Crippen LogP contribution in [0.15, 0.2) is 48.5 Å². The van der Waals surface area contributed by atoms with Gasteiger partial charge >= 0.3 is 0 Å². The van der Waals surface area contributed by atoms with Crippen molar-refractivity contribution in [1.29, 1.82) is 0 Å². The van der Waals surface area contributed by atoms with Crippen LogP contribution >= 0.6 is 11.6 Å². The molecule has 2 atom stereocenters. The van der Waals surface area contributed by atoms with Crippen LogP contribution in [0.25, 0.3) is 0 Å². The Kier molecular flexibility index (Phi) is 4.13. The van der Waals surface area contributed by atoms with Crippen LogP contribution in [-0.2, 0) is 12.0 Å². The molecule has 2 aliphatic rings. The van der Waals surface area contributed by atoms with E-state index in [9.17, 15) is 10.2 Å². The minimum Gasteiger partial charge on any atom is -0.387 e. The third-order valence-corrected chi connectivity index (χ3v) is 5.97. The molecule has 0 saturated carbocycles. The third-order valence-electron chi connectivity index (χ3n) is 5.64. The summed E-state index contributed by atoms with van der Waals surface area (Å²) < 4.78 is 0. The van der Waals surface area contributed by atoms with Gasteiger partial charge < -0.3 is 10.2 Å². The summed E-state index contributed by atoms with van der Waals surface area (Å²) in [6.07, 6.45) is 1.71.